The second-order valence-corrected chi connectivity index (χ2v) is 6.35. The Kier molecular flexibility index (Phi) is 5.29. The summed E-state index contributed by atoms with van der Waals surface area (Å²) < 4.78 is 12.8. The number of ether oxygens (including phenoxy) is 2. The minimum absolute atomic E-state index is 0.182. The summed E-state index contributed by atoms with van der Waals surface area (Å²) in [5, 5.41) is 14.1. The molecule has 26 heavy (non-hydrogen) atoms. The van der Waals surface area contributed by atoms with Gasteiger partial charge in [-0.1, -0.05) is 6.07 Å². The van der Waals surface area contributed by atoms with Crippen molar-refractivity contribution in [2.45, 2.75) is 45.8 Å². The highest BCUT2D eigenvalue weighted by Crippen LogP contribution is 2.35. The molecular formula is C18H25N5O3. The van der Waals surface area contributed by atoms with Crippen molar-refractivity contribution in [2.75, 3.05) is 14.2 Å². The van der Waals surface area contributed by atoms with Gasteiger partial charge in [0.1, 0.15) is 5.82 Å². The van der Waals surface area contributed by atoms with Crippen LogP contribution >= 0.6 is 0 Å². The first kappa shape index (κ1) is 18.0. The SMILES string of the molecule is COc1ccc(C(C)NC(=O)NCc2nnc3n2CCC3)c(C)c1OC. The number of rotatable bonds is 6. The van der Waals surface area contributed by atoms with Crippen LogP contribution in [0.5, 0.6) is 11.5 Å². The van der Waals surface area contributed by atoms with Gasteiger partial charge in [-0.2, -0.15) is 0 Å². The molecule has 0 bridgehead atoms. The predicted octanol–water partition coefficient (Wildman–Crippen LogP) is 2.11. The number of carbonyl (C=O) groups excluding carboxylic acids is 1. The van der Waals surface area contributed by atoms with Crippen molar-refractivity contribution in [3.63, 3.8) is 0 Å². The molecule has 1 aromatic heterocycles. The van der Waals surface area contributed by atoms with Crippen molar-refractivity contribution in [2.24, 2.45) is 0 Å². The zero-order chi connectivity index (χ0) is 18.7. The van der Waals surface area contributed by atoms with Gasteiger partial charge in [0.2, 0.25) is 0 Å². The van der Waals surface area contributed by atoms with Gasteiger partial charge in [0.15, 0.2) is 17.3 Å². The van der Waals surface area contributed by atoms with Crippen LogP contribution < -0.4 is 20.1 Å². The smallest absolute Gasteiger partial charge is 0.315 e. The summed E-state index contributed by atoms with van der Waals surface area (Å²) in [5.74, 6) is 3.14. The number of aromatic nitrogens is 3. The fraction of sp³-hybridized carbons (Fsp3) is 0.500. The maximum Gasteiger partial charge on any atom is 0.315 e. The van der Waals surface area contributed by atoms with Crippen LogP contribution in [-0.4, -0.2) is 35.0 Å². The second-order valence-electron chi connectivity index (χ2n) is 6.35. The number of methoxy groups -OCH3 is 2. The Balaban J connectivity index is 1.62. The van der Waals surface area contributed by atoms with Crippen LogP contribution in [0.1, 0.15) is 42.2 Å². The molecule has 1 unspecified atom stereocenters. The van der Waals surface area contributed by atoms with Crippen LogP contribution in [0.3, 0.4) is 0 Å². The van der Waals surface area contributed by atoms with Crippen molar-refractivity contribution in [1.29, 1.82) is 0 Å². The van der Waals surface area contributed by atoms with Crippen molar-refractivity contribution in [1.82, 2.24) is 25.4 Å². The van der Waals surface area contributed by atoms with Gasteiger partial charge in [-0.05, 0) is 31.9 Å². The van der Waals surface area contributed by atoms with Crippen LogP contribution in [0.2, 0.25) is 0 Å². The first-order chi connectivity index (χ1) is 12.5. The average Bonchev–Trinajstić information content (AvgIpc) is 3.23. The molecule has 0 radical (unpaired) electrons. The fourth-order valence-corrected chi connectivity index (χ4v) is 3.39. The number of nitrogens with one attached hydrogen (secondary N) is 2. The fourth-order valence-electron chi connectivity index (χ4n) is 3.39. The summed E-state index contributed by atoms with van der Waals surface area (Å²) in [5.41, 5.74) is 1.91. The van der Waals surface area contributed by atoms with Gasteiger partial charge in [-0.25, -0.2) is 4.79 Å². The average molecular weight is 359 g/mol. The highest BCUT2D eigenvalue weighted by atomic mass is 16.5. The number of urea groups is 1. The number of nitrogens with zero attached hydrogens (tertiary/aromatic N) is 3. The van der Waals surface area contributed by atoms with E-state index in [0.29, 0.717) is 18.0 Å². The lowest BCUT2D eigenvalue weighted by Crippen LogP contribution is -2.37. The molecule has 0 spiro atoms. The molecule has 1 aromatic carbocycles. The zero-order valence-corrected chi connectivity index (χ0v) is 15.6. The third-order valence-corrected chi connectivity index (χ3v) is 4.74. The van der Waals surface area contributed by atoms with E-state index < -0.39 is 0 Å². The largest absolute Gasteiger partial charge is 0.493 e. The molecule has 140 valence electrons. The number of amides is 2. The molecule has 8 nitrogen and oxygen atoms in total. The van der Waals surface area contributed by atoms with E-state index in [-0.39, 0.29) is 12.1 Å². The maximum atomic E-state index is 12.3. The van der Waals surface area contributed by atoms with Crippen LogP contribution in [0.15, 0.2) is 12.1 Å². The lowest BCUT2D eigenvalue weighted by Gasteiger charge is -2.20. The minimum atomic E-state index is -0.248. The van der Waals surface area contributed by atoms with Gasteiger partial charge < -0.3 is 24.7 Å². The van der Waals surface area contributed by atoms with E-state index >= 15 is 0 Å². The van der Waals surface area contributed by atoms with Crippen molar-refractivity contribution < 1.29 is 14.3 Å². The van der Waals surface area contributed by atoms with Gasteiger partial charge in [0, 0.05) is 18.5 Å². The Morgan fingerprint density at radius 2 is 2.12 bits per heavy atom. The Morgan fingerprint density at radius 1 is 1.31 bits per heavy atom. The van der Waals surface area contributed by atoms with Crippen molar-refractivity contribution in [3.05, 3.63) is 34.9 Å². The summed E-state index contributed by atoms with van der Waals surface area (Å²) in [4.78, 5) is 12.3. The summed E-state index contributed by atoms with van der Waals surface area (Å²) >= 11 is 0. The third kappa shape index (κ3) is 3.44. The Labute approximate surface area is 152 Å². The summed E-state index contributed by atoms with van der Waals surface area (Å²) in [6, 6.07) is 3.35. The van der Waals surface area contributed by atoms with E-state index in [9.17, 15) is 4.79 Å². The van der Waals surface area contributed by atoms with E-state index in [4.69, 9.17) is 9.47 Å². The highest BCUT2D eigenvalue weighted by molar-refractivity contribution is 5.74. The molecule has 8 heteroatoms. The molecule has 1 aliphatic heterocycles. The van der Waals surface area contributed by atoms with E-state index in [1.807, 2.05) is 26.0 Å². The second kappa shape index (κ2) is 7.63. The van der Waals surface area contributed by atoms with E-state index in [0.717, 1.165) is 42.2 Å². The van der Waals surface area contributed by atoms with Gasteiger partial charge in [0.25, 0.3) is 0 Å². The molecule has 1 aliphatic rings. The number of hydrogen-bond acceptors (Lipinski definition) is 5. The maximum absolute atomic E-state index is 12.3. The molecule has 2 aromatic rings. The Bertz CT molecular complexity index is 802. The molecule has 2 heterocycles. The first-order valence-electron chi connectivity index (χ1n) is 8.72. The lowest BCUT2D eigenvalue weighted by atomic mass is 10.0. The summed E-state index contributed by atoms with van der Waals surface area (Å²) in [6.07, 6.45) is 2.04. The minimum Gasteiger partial charge on any atom is -0.493 e. The van der Waals surface area contributed by atoms with E-state index in [1.165, 1.54) is 0 Å². The molecule has 2 N–H and O–H groups in total. The standard InChI is InChI=1S/C18H25N5O3/c1-11-13(7-8-14(25-3)17(11)26-4)12(2)20-18(24)19-10-16-22-21-15-6-5-9-23(15)16/h7-8,12H,5-6,9-10H2,1-4H3,(H2,19,20,24). The van der Waals surface area contributed by atoms with E-state index in [2.05, 4.69) is 25.4 Å². The molecule has 3 rings (SSSR count). The third-order valence-electron chi connectivity index (χ3n) is 4.74. The topological polar surface area (TPSA) is 90.3 Å². The van der Waals surface area contributed by atoms with Gasteiger partial charge in [0.05, 0.1) is 26.8 Å². The number of hydrogen-bond donors (Lipinski definition) is 2. The monoisotopic (exact) mass is 359 g/mol. The van der Waals surface area contributed by atoms with Crippen molar-refractivity contribution >= 4 is 6.03 Å². The van der Waals surface area contributed by atoms with E-state index in [1.54, 1.807) is 14.2 Å². The summed E-state index contributed by atoms with van der Waals surface area (Å²) in [6.45, 7) is 5.16. The Morgan fingerprint density at radius 3 is 2.85 bits per heavy atom. The highest BCUT2D eigenvalue weighted by Gasteiger charge is 2.19. The number of carbonyl (C=O) groups is 1. The number of aryl methyl sites for hydroxylation is 1. The van der Waals surface area contributed by atoms with Crippen LogP contribution in [0.25, 0.3) is 0 Å². The summed E-state index contributed by atoms with van der Waals surface area (Å²) in [7, 11) is 3.21. The predicted molar refractivity (Wildman–Crippen MR) is 96.4 cm³/mol. The van der Waals surface area contributed by atoms with Crippen LogP contribution in [0.4, 0.5) is 4.79 Å². The van der Waals surface area contributed by atoms with Gasteiger partial charge >= 0.3 is 6.03 Å². The molecule has 0 saturated heterocycles. The zero-order valence-electron chi connectivity index (χ0n) is 15.6. The lowest BCUT2D eigenvalue weighted by molar-refractivity contribution is 0.237. The van der Waals surface area contributed by atoms with Crippen LogP contribution in [-0.2, 0) is 19.5 Å². The molecular weight excluding hydrogens is 334 g/mol. The normalized spacial score (nSPS) is 13.8. The van der Waals surface area contributed by atoms with Gasteiger partial charge in [-0.3, -0.25) is 0 Å². The van der Waals surface area contributed by atoms with Gasteiger partial charge in [-0.15, -0.1) is 10.2 Å². The molecule has 0 aliphatic carbocycles. The molecule has 0 fully saturated rings. The molecule has 0 saturated carbocycles. The number of fused-ring (bicyclic) bond motifs is 1. The molecule has 2 amide bonds. The quantitative estimate of drug-likeness (QED) is 0.824. The number of benzene rings is 1. The van der Waals surface area contributed by atoms with Crippen LogP contribution in [0, 0.1) is 6.92 Å². The van der Waals surface area contributed by atoms with Crippen molar-refractivity contribution in [3.8, 4) is 11.5 Å². The molecule has 1 atom stereocenters. The Hall–Kier alpha value is -2.77. The first-order valence-corrected chi connectivity index (χ1v) is 8.72.